The highest BCUT2D eigenvalue weighted by atomic mass is 16.5. The fourth-order valence-corrected chi connectivity index (χ4v) is 3.01. The summed E-state index contributed by atoms with van der Waals surface area (Å²) in [7, 11) is 1.61. The van der Waals surface area contributed by atoms with E-state index in [1.54, 1.807) is 11.9 Å². The van der Waals surface area contributed by atoms with Gasteiger partial charge in [-0.05, 0) is 26.0 Å². The molecule has 0 unspecified atom stereocenters. The minimum absolute atomic E-state index is 0.209. The number of aromatic nitrogens is 2. The lowest BCUT2D eigenvalue weighted by molar-refractivity contribution is -0.136. The van der Waals surface area contributed by atoms with Crippen molar-refractivity contribution in [1.82, 2.24) is 14.5 Å². The predicted molar refractivity (Wildman–Crippen MR) is 92.8 cm³/mol. The number of ether oxygens (including phenoxy) is 2. The molecule has 25 heavy (non-hydrogen) atoms. The number of benzene rings is 1. The van der Waals surface area contributed by atoms with Crippen LogP contribution >= 0.6 is 0 Å². The van der Waals surface area contributed by atoms with Crippen LogP contribution in [0.15, 0.2) is 41.3 Å². The SMILES string of the molecule is Cn1cc(C(=O)N2C[C@H](COc3ccccc3)OC(C)(C)C2)[nH]c1=O. The van der Waals surface area contributed by atoms with Gasteiger partial charge in [0.25, 0.3) is 5.91 Å². The van der Waals surface area contributed by atoms with Gasteiger partial charge in [0.05, 0.1) is 12.1 Å². The number of morpholine rings is 1. The number of aryl methyl sites for hydroxylation is 1. The molecule has 2 aromatic rings. The molecule has 1 aliphatic heterocycles. The number of para-hydroxylation sites is 1. The molecule has 1 atom stereocenters. The van der Waals surface area contributed by atoms with Crippen LogP contribution in [0.3, 0.4) is 0 Å². The second-order valence-electron chi connectivity index (χ2n) is 6.89. The molecule has 7 heteroatoms. The zero-order valence-corrected chi connectivity index (χ0v) is 14.7. The highest BCUT2D eigenvalue weighted by molar-refractivity contribution is 5.92. The zero-order chi connectivity index (χ0) is 18.0. The van der Waals surface area contributed by atoms with Gasteiger partial charge in [-0.1, -0.05) is 18.2 Å². The second-order valence-corrected chi connectivity index (χ2v) is 6.89. The van der Waals surface area contributed by atoms with E-state index >= 15 is 0 Å². The van der Waals surface area contributed by atoms with Crippen LogP contribution in [0.4, 0.5) is 0 Å². The van der Waals surface area contributed by atoms with Crippen molar-refractivity contribution in [3.8, 4) is 5.75 Å². The number of imidazole rings is 1. The van der Waals surface area contributed by atoms with E-state index < -0.39 is 5.60 Å². The Bertz CT molecular complexity index is 794. The lowest BCUT2D eigenvalue weighted by Crippen LogP contribution is -2.56. The van der Waals surface area contributed by atoms with E-state index in [1.165, 1.54) is 10.8 Å². The molecule has 1 amide bonds. The first-order valence-electron chi connectivity index (χ1n) is 8.25. The molecular formula is C18H23N3O4. The number of amides is 1. The maximum atomic E-state index is 12.7. The number of hydrogen-bond donors (Lipinski definition) is 1. The molecule has 3 rings (SSSR count). The van der Waals surface area contributed by atoms with Crippen LogP contribution in [0.5, 0.6) is 5.75 Å². The number of rotatable bonds is 4. The van der Waals surface area contributed by atoms with Crippen molar-refractivity contribution in [3.05, 3.63) is 52.7 Å². The van der Waals surface area contributed by atoms with Gasteiger partial charge in [0.15, 0.2) is 0 Å². The summed E-state index contributed by atoms with van der Waals surface area (Å²) in [5, 5.41) is 0. The molecule has 7 nitrogen and oxygen atoms in total. The van der Waals surface area contributed by atoms with Crippen molar-refractivity contribution >= 4 is 5.91 Å². The van der Waals surface area contributed by atoms with Crippen LogP contribution in [0.1, 0.15) is 24.3 Å². The summed E-state index contributed by atoms with van der Waals surface area (Å²) in [6.45, 7) is 5.09. The van der Waals surface area contributed by atoms with Gasteiger partial charge in [-0.3, -0.25) is 4.79 Å². The Morgan fingerprint density at radius 1 is 1.36 bits per heavy atom. The summed E-state index contributed by atoms with van der Waals surface area (Å²) in [6, 6.07) is 9.50. The molecule has 0 radical (unpaired) electrons. The normalized spacial score (nSPS) is 19.6. The number of carbonyl (C=O) groups is 1. The average Bonchev–Trinajstić information content (AvgIpc) is 2.91. The Morgan fingerprint density at radius 3 is 2.72 bits per heavy atom. The topological polar surface area (TPSA) is 76.6 Å². The highest BCUT2D eigenvalue weighted by Crippen LogP contribution is 2.23. The van der Waals surface area contributed by atoms with E-state index in [1.807, 2.05) is 44.2 Å². The lowest BCUT2D eigenvalue weighted by Gasteiger charge is -2.42. The van der Waals surface area contributed by atoms with E-state index in [0.717, 1.165) is 5.75 Å². The summed E-state index contributed by atoms with van der Waals surface area (Å²) in [4.78, 5) is 28.6. The third kappa shape index (κ3) is 4.11. The molecule has 1 aliphatic rings. The Morgan fingerprint density at radius 2 is 2.08 bits per heavy atom. The smallest absolute Gasteiger partial charge is 0.325 e. The highest BCUT2D eigenvalue weighted by Gasteiger charge is 2.36. The fourth-order valence-electron chi connectivity index (χ4n) is 3.01. The van der Waals surface area contributed by atoms with Gasteiger partial charge in [0, 0.05) is 19.8 Å². The predicted octanol–water partition coefficient (Wildman–Crippen LogP) is 1.41. The zero-order valence-electron chi connectivity index (χ0n) is 14.7. The van der Waals surface area contributed by atoms with Crippen molar-refractivity contribution in [2.45, 2.75) is 25.6 Å². The largest absolute Gasteiger partial charge is 0.491 e. The summed E-state index contributed by atoms with van der Waals surface area (Å²) in [5.74, 6) is 0.554. The Hall–Kier alpha value is -2.54. The molecule has 1 aromatic carbocycles. The van der Waals surface area contributed by atoms with Crippen LogP contribution in [-0.2, 0) is 11.8 Å². The molecule has 1 saturated heterocycles. The first-order chi connectivity index (χ1) is 11.8. The minimum Gasteiger partial charge on any atom is -0.491 e. The number of H-pyrrole nitrogens is 1. The molecule has 1 aromatic heterocycles. The number of nitrogens with one attached hydrogen (secondary N) is 1. The molecule has 0 spiro atoms. The molecular weight excluding hydrogens is 322 g/mol. The molecule has 134 valence electrons. The van der Waals surface area contributed by atoms with E-state index in [-0.39, 0.29) is 23.4 Å². The third-order valence-electron chi connectivity index (χ3n) is 4.06. The van der Waals surface area contributed by atoms with E-state index in [9.17, 15) is 9.59 Å². The average molecular weight is 345 g/mol. The number of aromatic amines is 1. The van der Waals surface area contributed by atoms with Crippen LogP contribution in [-0.4, -0.2) is 51.8 Å². The Balaban J connectivity index is 1.70. The number of carbonyl (C=O) groups excluding carboxylic acids is 1. The summed E-state index contributed by atoms with van der Waals surface area (Å²) in [5.41, 5.74) is -0.513. The summed E-state index contributed by atoms with van der Waals surface area (Å²) >= 11 is 0. The van der Waals surface area contributed by atoms with Gasteiger partial charge in [0.1, 0.15) is 24.2 Å². The van der Waals surface area contributed by atoms with Crippen molar-refractivity contribution in [2.24, 2.45) is 7.05 Å². The maximum absolute atomic E-state index is 12.7. The maximum Gasteiger partial charge on any atom is 0.325 e. The van der Waals surface area contributed by atoms with Crippen molar-refractivity contribution in [2.75, 3.05) is 19.7 Å². The van der Waals surface area contributed by atoms with E-state index in [4.69, 9.17) is 9.47 Å². The number of nitrogens with zero attached hydrogens (tertiary/aromatic N) is 2. The second kappa shape index (κ2) is 6.76. The first-order valence-corrected chi connectivity index (χ1v) is 8.25. The van der Waals surface area contributed by atoms with Gasteiger partial charge in [-0.25, -0.2) is 4.79 Å². The van der Waals surface area contributed by atoms with Crippen molar-refractivity contribution in [1.29, 1.82) is 0 Å². The Labute approximate surface area is 146 Å². The standard InChI is InChI=1S/C18H23N3O4/c1-18(2)12-21(16(22)15-10-20(3)17(23)19-15)9-14(25-18)11-24-13-7-5-4-6-8-13/h4-8,10,14H,9,11-12H2,1-3H3,(H,19,23)/t14-/m1/s1. The third-order valence-corrected chi connectivity index (χ3v) is 4.06. The van der Waals surface area contributed by atoms with E-state index in [2.05, 4.69) is 4.98 Å². The van der Waals surface area contributed by atoms with Crippen LogP contribution < -0.4 is 10.4 Å². The monoisotopic (exact) mass is 345 g/mol. The van der Waals surface area contributed by atoms with Gasteiger partial charge in [0.2, 0.25) is 0 Å². The van der Waals surface area contributed by atoms with E-state index in [0.29, 0.717) is 19.7 Å². The summed E-state index contributed by atoms with van der Waals surface area (Å²) in [6.07, 6.45) is 1.27. The first kappa shape index (κ1) is 17.3. The molecule has 1 N–H and O–H groups in total. The van der Waals surface area contributed by atoms with Gasteiger partial charge in [-0.2, -0.15) is 0 Å². The quantitative estimate of drug-likeness (QED) is 0.909. The van der Waals surface area contributed by atoms with Gasteiger partial charge >= 0.3 is 5.69 Å². The fraction of sp³-hybridized carbons (Fsp3) is 0.444. The van der Waals surface area contributed by atoms with Crippen molar-refractivity contribution < 1.29 is 14.3 Å². The molecule has 0 bridgehead atoms. The van der Waals surface area contributed by atoms with Crippen LogP contribution in [0, 0.1) is 0 Å². The van der Waals surface area contributed by atoms with Crippen molar-refractivity contribution in [3.63, 3.8) is 0 Å². The Kier molecular flexibility index (Phi) is 4.67. The van der Waals surface area contributed by atoms with Gasteiger partial charge in [-0.15, -0.1) is 0 Å². The summed E-state index contributed by atoms with van der Waals surface area (Å²) < 4.78 is 13.2. The number of hydrogen-bond acceptors (Lipinski definition) is 4. The van der Waals surface area contributed by atoms with Gasteiger partial charge < -0.3 is 23.9 Å². The van der Waals surface area contributed by atoms with Crippen LogP contribution in [0.2, 0.25) is 0 Å². The molecule has 1 fully saturated rings. The molecule has 2 heterocycles. The van der Waals surface area contributed by atoms with Crippen LogP contribution in [0.25, 0.3) is 0 Å². The lowest BCUT2D eigenvalue weighted by atomic mass is 10.0. The molecule has 0 aliphatic carbocycles. The minimum atomic E-state index is -0.492. The molecule has 0 saturated carbocycles.